The van der Waals surface area contributed by atoms with E-state index in [9.17, 15) is 9.90 Å². The summed E-state index contributed by atoms with van der Waals surface area (Å²) in [5.41, 5.74) is 2.35. The number of carbonyl (C=O) groups excluding carboxylic acids is 1. The summed E-state index contributed by atoms with van der Waals surface area (Å²) < 4.78 is 0.469. The van der Waals surface area contributed by atoms with Crippen LogP contribution in [-0.2, 0) is 4.79 Å². The van der Waals surface area contributed by atoms with Gasteiger partial charge in [-0.05, 0) is 42.3 Å². The van der Waals surface area contributed by atoms with Gasteiger partial charge >= 0.3 is 0 Å². The Balaban J connectivity index is 1.99. The van der Waals surface area contributed by atoms with E-state index in [4.69, 9.17) is 35.4 Å². The van der Waals surface area contributed by atoms with Crippen LogP contribution in [0.3, 0.4) is 0 Å². The van der Waals surface area contributed by atoms with Gasteiger partial charge in [-0.3, -0.25) is 9.69 Å². The molecular formula is C17H11Cl2NO2S2. The molecule has 3 nitrogen and oxygen atoms in total. The molecule has 122 valence electrons. The van der Waals surface area contributed by atoms with E-state index >= 15 is 0 Å². The molecule has 1 amide bonds. The van der Waals surface area contributed by atoms with E-state index < -0.39 is 0 Å². The van der Waals surface area contributed by atoms with Crippen LogP contribution in [0.2, 0.25) is 10.0 Å². The lowest BCUT2D eigenvalue weighted by atomic mass is 10.1. The number of thioether (sulfide) groups is 1. The molecule has 2 aromatic carbocycles. The number of amides is 1. The number of phenols is 1. The number of rotatable bonds is 2. The number of para-hydroxylation sites is 1. The Morgan fingerprint density at radius 3 is 2.46 bits per heavy atom. The third kappa shape index (κ3) is 3.17. The van der Waals surface area contributed by atoms with Crippen molar-refractivity contribution in [2.75, 3.05) is 4.90 Å². The number of aromatic hydroxyl groups is 1. The molecule has 0 aliphatic carbocycles. The lowest BCUT2D eigenvalue weighted by Crippen LogP contribution is -2.28. The van der Waals surface area contributed by atoms with E-state index in [1.165, 1.54) is 16.7 Å². The summed E-state index contributed by atoms with van der Waals surface area (Å²) in [7, 11) is 0. The van der Waals surface area contributed by atoms with Crippen molar-refractivity contribution in [3.8, 4) is 5.75 Å². The molecule has 0 spiro atoms. The summed E-state index contributed by atoms with van der Waals surface area (Å²) in [5.74, 6) is -0.373. The van der Waals surface area contributed by atoms with E-state index in [1.807, 2.05) is 31.2 Å². The number of hydrogen-bond acceptors (Lipinski definition) is 4. The van der Waals surface area contributed by atoms with E-state index in [1.54, 1.807) is 18.2 Å². The molecule has 0 unspecified atom stereocenters. The van der Waals surface area contributed by atoms with Gasteiger partial charge < -0.3 is 5.11 Å². The average Bonchev–Trinajstić information content (AvgIpc) is 2.80. The normalized spacial score (nSPS) is 16.3. The fourth-order valence-electron chi connectivity index (χ4n) is 2.31. The number of anilines is 1. The highest BCUT2D eigenvalue weighted by Gasteiger charge is 2.33. The van der Waals surface area contributed by atoms with E-state index in [0.717, 1.165) is 11.3 Å². The van der Waals surface area contributed by atoms with Gasteiger partial charge in [-0.15, -0.1) is 0 Å². The quantitative estimate of drug-likeness (QED) is 0.544. The Hall–Kier alpha value is -1.53. The van der Waals surface area contributed by atoms with Crippen molar-refractivity contribution in [3.05, 3.63) is 62.5 Å². The molecule has 1 saturated heterocycles. The highest BCUT2D eigenvalue weighted by Crippen LogP contribution is 2.39. The first-order valence-electron chi connectivity index (χ1n) is 6.90. The first-order chi connectivity index (χ1) is 11.4. The number of thiocarbonyl (C=S) groups is 1. The molecule has 0 atom stereocenters. The van der Waals surface area contributed by atoms with Gasteiger partial charge in [0.15, 0.2) is 10.1 Å². The SMILES string of the molecule is Cc1ccccc1N1C(=O)C(=Cc2cc(Cl)c(O)c(Cl)c2)SC1=S. The van der Waals surface area contributed by atoms with Crippen molar-refractivity contribution in [1.29, 1.82) is 0 Å². The topological polar surface area (TPSA) is 40.5 Å². The van der Waals surface area contributed by atoms with Crippen LogP contribution >= 0.6 is 47.2 Å². The summed E-state index contributed by atoms with van der Waals surface area (Å²) in [5, 5.41) is 9.88. The Kier molecular flexibility index (Phi) is 4.88. The molecule has 1 heterocycles. The maximum absolute atomic E-state index is 12.7. The van der Waals surface area contributed by atoms with Gasteiger partial charge in [-0.25, -0.2) is 0 Å². The summed E-state index contributed by atoms with van der Waals surface area (Å²) in [6.45, 7) is 1.93. The van der Waals surface area contributed by atoms with Gasteiger partial charge in [0.2, 0.25) is 0 Å². The number of carbonyl (C=O) groups is 1. The third-order valence-corrected chi connectivity index (χ3v) is 5.37. The maximum Gasteiger partial charge on any atom is 0.270 e. The number of benzene rings is 2. The van der Waals surface area contributed by atoms with Crippen LogP contribution in [0.25, 0.3) is 6.08 Å². The molecule has 1 aliphatic heterocycles. The van der Waals surface area contributed by atoms with Crippen LogP contribution in [-0.4, -0.2) is 15.3 Å². The minimum atomic E-state index is -0.195. The predicted octanol–water partition coefficient (Wildman–Crippen LogP) is 5.41. The van der Waals surface area contributed by atoms with Gasteiger partial charge in [0.1, 0.15) is 0 Å². The van der Waals surface area contributed by atoms with Crippen molar-refractivity contribution >= 4 is 69.2 Å². The Bertz CT molecular complexity index is 873. The van der Waals surface area contributed by atoms with Gasteiger partial charge in [0.25, 0.3) is 5.91 Å². The highest BCUT2D eigenvalue weighted by molar-refractivity contribution is 8.27. The minimum absolute atomic E-state index is 0.128. The molecule has 1 fully saturated rings. The zero-order valence-electron chi connectivity index (χ0n) is 12.4. The first-order valence-corrected chi connectivity index (χ1v) is 8.88. The van der Waals surface area contributed by atoms with Gasteiger partial charge in [-0.2, -0.15) is 0 Å². The fraction of sp³-hybridized carbons (Fsp3) is 0.0588. The number of hydrogen-bond donors (Lipinski definition) is 1. The number of nitrogens with zero attached hydrogens (tertiary/aromatic N) is 1. The van der Waals surface area contributed by atoms with Crippen LogP contribution in [0.1, 0.15) is 11.1 Å². The second-order valence-corrected chi connectivity index (χ2v) is 7.63. The largest absolute Gasteiger partial charge is 0.505 e. The number of aryl methyl sites for hydroxylation is 1. The molecule has 24 heavy (non-hydrogen) atoms. The van der Waals surface area contributed by atoms with Crippen LogP contribution in [0, 0.1) is 6.92 Å². The Labute approximate surface area is 158 Å². The lowest BCUT2D eigenvalue weighted by molar-refractivity contribution is -0.113. The monoisotopic (exact) mass is 395 g/mol. The predicted molar refractivity (Wildman–Crippen MR) is 105 cm³/mol. The van der Waals surface area contributed by atoms with Crippen LogP contribution < -0.4 is 4.90 Å². The molecule has 2 aromatic rings. The molecule has 3 rings (SSSR count). The van der Waals surface area contributed by atoms with Crippen LogP contribution in [0.4, 0.5) is 5.69 Å². The maximum atomic E-state index is 12.7. The minimum Gasteiger partial charge on any atom is -0.505 e. The lowest BCUT2D eigenvalue weighted by Gasteiger charge is -2.16. The fourth-order valence-corrected chi connectivity index (χ4v) is 4.10. The first kappa shape index (κ1) is 17.3. The average molecular weight is 396 g/mol. The van der Waals surface area contributed by atoms with Crippen molar-refractivity contribution < 1.29 is 9.90 Å². The summed E-state index contributed by atoms with van der Waals surface area (Å²) in [6, 6.07) is 10.7. The second-order valence-electron chi connectivity index (χ2n) is 5.14. The second kappa shape index (κ2) is 6.76. The van der Waals surface area contributed by atoms with Crippen molar-refractivity contribution in [2.24, 2.45) is 0 Å². The standard InChI is InChI=1S/C17H11Cl2NO2S2/c1-9-4-2-3-5-13(9)20-16(22)14(24-17(20)23)8-10-6-11(18)15(21)12(19)7-10/h2-8,21H,1H3. The molecule has 7 heteroatoms. The smallest absolute Gasteiger partial charge is 0.270 e. The van der Waals surface area contributed by atoms with Gasteiger partial charge in [0, 0.05) is 0 Å². The summed E-state index contributed by atoms with van der Waals surface area (Å²) in [6.07, 6.45) is 1.66. The molecule has 0 bridgehead atoms. The van der Waals surface area contributed by atoms with E-state index in [-0.39, 0.29) is 21.7 Å². The zero-order chi connectivity index (χ0) is 17.4. The van der Waals surface area contributed by atoms with Crippen molar-refractivity contribution in [3.63, 3.8) is 0 Å². The Morgan fingerprint density at radius 1 is 1.21 bits per heavy atom. The van der Waals surface area contributed by atoms with Gasteiger partial charge in [-0.1, -0.05) is 65.4 Å². The molecule has 1 aliphatic rings. The molecule has 0 saturated carbocycles. The number of phenolic OH excluding ortho intramolecular Hbond substituents is 1. The molecule has 1 N–H and O–H groups in total. The van der Waals surface area contributed by atoms with E-state index in [2.05, 4.69) is 0 Å². The molecule has 0 aromatic heterocycles. The molecule has 0 radical (unpaired) electrons. The summed E-state index contributed by atoms with van der Waals surface area (Å²) in [4.78, 5) is 14.7. The Morgan fingerprint density at radius 2 is 1.83 bits per heavy atom. The van der Waals surface area contributed by atoms with Crippen LogP contribution in [0.5, 0.6) is 5.75 Å². The zero-order valence-corrected chi connectivity index (χ0v) is 15.6. The summed E-state index contributed by atoms with van der Waals surface area (Å²) >= 11 is 18.4. The molecular weight excluding hydrogens is 385 g/mol. The highest BCUT2D eigenvalue weighted by atomic mass is 35.5. The van der Waals surface area contributed by atoms with Crippen LogP contribution in [0.15, 0.2) is 41.3 Å². The number of halogens is 2. The third-order valence-electron chi connectivity index (χ3n) is 3.49. The van der Waals surface area contributed by atoms with Crippen molar-refractivity contribution in [1.82, 2.24) is 0 Å². The van der Waals surface area contributed by atoms with E-state index in [0.29, 0.717) is 14.8 Å². The van der Waals surface area contributed by atoms with Crippen molar-refractivity contribution in [2.45, 2.75) is 6.92 Å². The van der Waals surface area contributed by atoms with Gasteiger partial charge in [0.05, 0.1) is 20.6 Å².